The van der Waals surface area contributed by atoms with E-state index in [9.17, 15) is 9.59 Å². The highest BCUT2D eigenvalue weighted by Crippen LogP contribution is 2.33. The summed E-state index contributed by atoms with van der Waals surface area (Å²) < 4.78 is 0. The van der Waals surface area contributed by atoms with Gasteiger partial charge in [-0.15, -0.1) is 0 Å². The Hall–Kier alpha value is -3.47. The Morgan fingerprint density at radius 3 is 2.67 bits per heavy atom. The lowest BCUT2D eigenvalue weighted by Crippen LogP contribution is -2.35. The molecule has 0 saturated heterocycles. The number of carbonyl (C=O) groups excluding carboxylic acids is 2. The number of hydrogen-bond acceptors (Lipinski definition) is 3. The van der Waals surface area contributed by atoms with Crippen LogP contribution in [0.1, 0.15) is 33.2 Å². The van der Waals surface area contributed by atoms with Gasteiger partial charge < -0.3 is 10.2 Å². The quantitative estimate of drug-likeness (QED) is 0.773. The van der Waals surface area contributed by atoms with Crippen molar-refractivity contribution < 1.29 is 9.59 Å². The second-order valence-corrected chi connectivity index (χ2v) is 6.63. The number of aromatic nitrogens is 1. The maximum atomic E-state index is 13.1. The Bertz CT molecular complexity index is 1000. The molecule has 2 aromatic carbocycles. The van der Waals surface area contributed by atoms with Gasteiger partial charge in [-0.2, -0.15) is 0 Å². The zero-order valence-corrected chi connectivity index (χ0v) is 14.9. The first-order valence-corrected chi connectivity index (χ1v) is 8.86. The summed E-state index contributed by atoms with van der Waals surface area (Å²) in [6, 6.07) is 18.5. The van der Waals surface area contributed by atoms with E-state index in [2.05, 4.69) is 16.4 Å². The highest BCUT2D eigenvalue weighted by atomic mass is 16.2. The molecule has 5 heteroatoms. The van der Waals surface area contributed by atoms with Crippen LogP contribution in [0, 0.1) is 0 Å². The van der Waals surface area contributed by atoms with Gasteiger partial charge in [-0.25, -0.2) is 0 Å². The maximum absolute atomic E-state index is 13.1. The van der Waals surface area contributed by atoms with Gasteiger partial charge in [0.05, 0.1) is 5.56 Å². The van der Waals surface area contributed by atoms with Gasteiger partial charge in [-0.1, -0.05) is 24.3 Å². The fraction of sp³-hybridized carbons (Fsp3) is 0.136. The van der Waals surface area contributed by atoms with Crippen LogP contribution in [0.15, 0.2) is 73.1 Å². The van der Waals surface area contributed by atoms with Gasteiger partial charge in [0.1, 0.15) is 0 Å². The molecule has 2 heterocycles. The topological polar surface area (TPSA) is 62.3 Å². The molecule has 0 bridgehead atoms. The van der Waals surface area contributed by atoms with Crippen LogP contribution < -0.4 is 10.2 Å². The Balaban J connectivity index is 1.58. The third kappa shape index (κ3) is 3.31. The van der Waals surface area contributed by atoms with Crippen LogP contribution in [-0.4, -0.2) is 22.8 Å². The van der Waals surface area contributed by atoms with E-state index < -0.39 is 0 Å². The van der Waals surface area contributed by atoms with Gasteiger partial charge in [-0.3, -0.25) is 14.6 Å². The normalized spacial score (nSPS) is 15.3. The van der Waals surface area contributed by atoms with Crippen LogP contribution in [0.3, 0.4) is 0 Å². The number of pyridine rings is 1. The van der Waals surface area contributed by atoms with Crippen LogP contribution in [0.4, 0.5) is 11.4 Å². The minimum atomic E-state index is -0.257. The monoisotopic (exact) mass is 357 g/mol. The minimum absolute atomic E-state index is 0.0649. The number of rotatable bonds is 3. The molecule has 0 spiro atoms. The number of hydrogen-bond donors (Lipinski definition) is 1. The second-order valence-electron chi connectivity index (χ2n) is 6.63. The predicted molar refractivity (Wildman–Crippen MR) is 105 cm³/mol. The van der Waals surface area contributed by atoms with Gasteiger partial charge in [0.25, 0.3) is 11.8 Å². The molecule has 0 radical (unpaired) electrons. The first-order chi connectivity index (χ1) is 13.1. The number of anilines is 2. The predicted octanol–water partition coefficient (Wildman–Crippen LogP) is 3.93. The molecule has 1 N–H and O–H groups in total. The number of fused-ring (bicyclic) bond motifs is 1. The number of carbonyl (C=O) groups is 2. The lowest BCUT2D eigenvalue weighted by molar-refractivity contribution is 0.0979. The average Bonchev–Trinajstić information content (AvgIpc) is 3.04. The van der Waals surface area contributed by atoms with Gasteiger partial charge in [0.15, 0.2) is 0 Å². The van der Waals surface area contributed by atoms with Gasteiger partial charge in [-0.05, 0) is 55.3 Å². The molecular formula is C22H19N3O2. The van der Waals surface area contributed by atoms with Crippen molar-refractivity contribution in [1.82, 2.24) is 4.98 Å². The van der Waals surface area contributed by atoms with Crippen molar-refractivity contribution in [3.8, 4) is 0 Å². The van der Waals surface area contributed by atoms with Crippen LogP contribution in [0.2, 0.25) is 0 Å². The third-order valence-electron chi connectivity index (χ3n) is 4.72. The molecular weight excluding hydrogens is 338 g/mol. The average molecular weight is 357 g/mol. The van der Waals surface area contributed by atoms with Gasteiger partial charge in [0, 0.05) is 35.4 Å². The Morgan fingerprint density at radius 1 is 1.04 bits per heavy atom. The van der Waals surface area contributed by atoms with E-state index in [4.69, 9.17) is 0 Å². The summed E-state index contributed by atoms with van der Waals surface area (Å²) in [6.45, 7) is 2.05. The molecule has 27 heavy (non-hydrogen) atoms. The summed E-state index contributed by atoms with van der Waals surface area (Å²) in [6.07, 6.45) is 3.97. The van der Waals surface area contributed by atoms with Crippen molar-refractivity contribution in [3.05, 3.63) is 89.7 Å². The lowest BCUT2D eigenvalue weighted by Gasteiger charge is -2.23. The lowest BCUT2D eigenvalue weighted by atomic mass is 10.1. The van der Waals surface area contributed by atoms with E-state index in [0.717, 1.165) is 12.1 Å². The van der Waals surface area contributed by atoms with Crippen molar-refractivity contribution in [1.29, 1.82) is 0 Å². The molecule has 4 rings (SSSR count). The number of benzene rings is 2. The summed E-state index contributed by atoms with van der Waals surface area (Å²) in [4.78, 5) is 31.2. The number of amides is 2. The van der Waals surface area contributed by atoms with Crippen molar-refractivity contribution in [2.24, 2.45) is 0 Å². The summed E-state index contributed by atoms with van der Waals surface area (Å²) in [5.74, 6) is -0.322. The minimum Gasteiger partial charge on any atom is -0.322 e. The molecule has 0 saturated carbocycles. The molecule has 1 aliphatic heterocycles. The fourth-order valence-electron chi connectivity index (χ4n) is 3.44. The van der Waals surface area contributed by atoms with Crippen LogP contribution in [0.25, 0.3) is 0 Å². The van der Waals surface area contributed by atoms with E-state index in [1.54, 1.807) is 42.6 Å². The first kappa shape index (κ1) is 17.0. The molecule has 0 aliphatic carbocycles. The summed E-state index contributed by atoms with van der Waals surface area (Å²) in [5.41, 5.74) is 3.73. The number of nitrogens with zero attached hydrogens (tertiary/aromatic N) is 2. The SMILES string of the molecule is CC1Cc2ccccc2N1C(=O)c1cccc(NC(=O)c2cccnc2)c1. The van der Waals surface area contributed by atoms with Crippen LogP contribution in [-0.2, 0) is 6.42 Å². The molecule has 2 amide bonds. The smallest absolute Gasteiger partial charge is 0.258 e. The van der Waals surface area contributed by atoms with E-state index >= 15 is 0 Å². The highest BCUT2D eigenvalue weighted by molar-refractivity contribution is 6.09. The molecule has 134 valence electrons. The van der Waals surface area contributed by atoms with Crippen molar-refractivity contribution in [3.63, 3.8) is 0 Å². The summed E-state index contributed by atoms with van der Waals surface area (Å²) >= 11 is 0. The van der Waals surface area contributed by atoms with Crippen molar-refractivity contribution in [2.75, 3.05) is 10.2 Å². The Labute approximate surface area is 157 Å². The van der Waals surface area contributed by atoms with E-state index in [1.807, 2.05) is 30.0 Å². The van der Waals surface area contributed by atoms with E-state index in [0.29, 0.717) is 16.8 Å². The molecule has 1 atom stereocenters. The highest BCUT2D eigenvalue weighted by Gasteiger charge is 2.31. The molecule has 1 aromatic heterocycles. The molecule has 5 nitrogen and oxygen atoms in total. The Morgan fingerprint density at radius 2 is 1.85 bits per heavy atom. The molecule has 1 unspecified atom stereocenters. The summed E-state index contributed by atoms with van der Waals surface area (Å²) in [7, 11) is 0. The van der Waals surface area contributed by atoms with Crippen LogP contribution >= 0.6 is 0 Å². The fourth-order valence-corrected chi connectivity index (χ4v) is 3.44. The van der Waals surface area contributed by atoms with Gasteiger partial charge >= 0.3 is 0 Å². The van der Waals surface area contributed by atoms with Crippen molar-refractivity contribution >= 4 is 23.2 Å². The molecule has 3 aromatic rings. The van der Waals surface area contributed by atoms with E-state index in [-0.39, 0.29) is 17.9 Å². The van der Waals surface area contributed by atoms with Crippen molar-refractivity contribution in [2.45, 2.75) is 19.4 Å². The zero-order chi connectivity index (χ0) is 18.8. The molecule has 1 aliphatic rings. The molecule has 0 fully saturated rings. The Kier molecular flexibility index (Phi) is 4.42. The third-order valence-corrected chi connectivity index (χ3v) is 4.72. The second kappa shape index (κ2) is 7.03. The maximum Gasteiger partial charge on any atom is 0.258 e. The van der Waals surface area contributed by atoms with Gasteiger partial charge in [0.2, 0.25) is 0 Å². The van der Waals surface area contributed by atoms with Crippen LogP contribution in [0.5, 0.6) is 0 Å². The zero-order valence-electron chi connectivity index (χ0n) is 14.9. The first-order valence-electron chi connectivity index (χ1n) is 8.86. The van der Waals surface area contributed by atoms with E-state index in [1.165, 1.54) is 11.8 Å². The standard InChI is InChI=1S/C22H19N3O2/c1-15-12-16-6-2-3-10-20(16)25(15)22(27)17-7-4-9-19(13-17)24-21(26)18-8-5-11-23-14-18/h2-11,13-15H,12H2,1H3,(H,24,26). The largest absolute Gasteiger partial charge is 0.322 e. The number of para-hydroxylation sites is 1. The summed E-state index contributed by atoms with van der Waals surface area (Å²) in [5, 5.41) is 2.82. The number of nitrogens with one attached hydrogen (secondary N) is 1.